The number of halogens is 13. The van der Waals surface area contributed by atoms with Gasteiger partial charge in [0.25, 0.3) is 0 Å². The molecular weight excluding hydrogens is 469 g/mol. The summed E-state index contributed by atoms with van der Waals surface area (Å²) in [6.07, 6.45) is -9.82. The Bertz CT molecular complexity index is 627. The predicted octanol–water partition coefficient (Wildman–Crippen LogP) is 6.32. The average molecular weight is 487 g/mol. The lowest BCUT2D eigenvalue weighted by Gasteiger charge is -2.39. The van der Waals surface area contributed by atoms with E-state index in [1.807, 2.05) is 0 Å². The number of hydrogen-bond acceptors (Lipinski definition) is 1. The van der Waals surface area contributed by atoms with Gasteiger partial charge in [-0.15, -0.1) is 0 Å². The Morgan fingerprint density at radius 3 is 1.55 bits per heavy atom. The predicted molar refractivity (Wildman–Crippen MR) is 81.7 cm³/mol. The largest absolute Gasteiger partial charge is 0.460 e. The number of amides is 1. The summed E-state index contributed by atoms with van der Waals surface area (Å²) in [5.74, 6) is -37.1. The van der Waals surface area contributed by atoms with Crippen molar-refractivity contribution in [3.63, 3.8) is 0 Å². The van der Waals surface area contributed by atoms with Crippen LogP contribution in [-0.4, -0.2) is 60.2 Å². The van der Waals surface area contributed by atoms with Gasteiger partial charge in [0.2, 0.25) is 5.91 Å². The second-order valence-electron chi connectivity index (χ2n) is 6.63. The fourth-order valence-electron chi connectivity index (χ4n) is 2.27. The monoisotopic (exact) mass is 487 g/mol. The molecule has 0 radical (unpaired) electrons. The van der Waals surface area contributed by atoms with Crippen LogP contribution in [0, 0.1) is 0 Å². The van der Waals surface area contributed by atoms with Gasteiger partial charge in [0.1, 0.15) is 0 Å². The molecule has 0 saturated heterocycles. The van der Waals surface area contributed by atoms with Crippen LogP contribution in [0.5, 0.6) is 0 Å². The van der Waals surface area contributed by atoms with Crippen LogP contribution in [0.3, 0.4) is 0 Å². The van der Waals surface area contributed by atoms with Crippen LogP contribution in [0.1, 0.15) is 32.1 Å². The summed E-state index contributed by atoms with van der Waals surface area (Å²) < 4.78 is 168. The third-order valence-electron chi connectivity index (χ3n) is 4.28. The Morgan fingerprint density at radius 2 is 1.13 bits per heavy atom. The van der Waals surface area contributed by atoms with Crippen LogP contribution in [0.15, 0.2) is 12.7 Å². The number of alkyl halides is 13. The lowest BCUT2D eigenvalue weighted by Crippen LogP contribution is -2.70. The molecule has 184 valence electrons. The molecule has 0 aliphatic rings. The first kappa shape index (κ1) is 29.3. The summed E-state index contributed by atoms with van der Waals surface area (Å²) in [6.45, 7) is 3.26. The van der Waals surface area contributed by atoms with Gasteiger partial charge in [-0.3, -0.25) is 4.79 Å². The molecule has 1 amide bonds. The van der Waals surface area contributed by atoms with Gasteiger partial charge in [0.15, 0.2) is 0 Å². The minimum atomic E-state index is -7.87. The van der Waals surface area contributed by atoms with Crippen molar-refractivity contribution in [2.75, 3.05) is 13.6 Å². The second-order valence-corrected chi connectivity index (χ2v) is 6.63. The van der Waals surface area contributed by atoms with Crippen LogP contribution in [0.4, 0.5) is 57.1 Å². The molecule has 31 heavy (non-hydrogen) atoms. The van der Waals surface area contributed by atoms with E-state index in [0.717, 1.165) is 11.0 Å². The highest BCUT2D eigenvalue weighted by Crippen LogP contribution is 2.60. The fraction of sp³-hybridized carbons (Fsp3) is 0.812. The summed E-state index contributed by atoms with van der Waals surface area (Å²) in [6, 6.07) is 0. The van der Waals surface area contributed by atoms with Crippen molar-refractivity contribution in [3.8, 4) is 0 Å². The third-order valence-corrected chi connectivity index (χ3v) is 4.28. The van der Waals surface area contributed by atoms with E-state index in [1.165, 1.54) is 7.05 Å². The van der Waals surface area contributed by atoms with E-state index in [2.05, 4.69) is 6.58 Å². The van der Waals surface area contributed by atoms with Gasteiger partial charge in [0.05, 0.1) is 0 Å². The topological polar surface area (TPSA) is 20.3 Å². The molecule has 0 aliphatic carbocycles. The number of carbonyl (C=O) groups is 1. The molecule has 0 aromatic heterocycles. The van der Waals surface area contributed by atoms with Crippen molar-refractivity contribution >= 4 is 5.91 Å². The first-order valence-electron chi connectivity index (χ1n) is 8.45. The molecule has 15 heteroatoms. The molecule has 0 aromatic carbocycles. The van der Waals surface area contributed by atoms with E-state index in [9.17, 15) is 61.9 Å². The minimum Gasteiger partial charge on any atom is -0.342 e. The van der Waals surface area contributed by atoms with E-state index in [4.69, 9.17) is 0 Å². The molecule has 0 saturated carbocycles. The van der Waals surface area contributed by atoms with E-state index in [1.54, 1.807) is 0 Å². The molecule has 0 fully saturated rings. The Kier molecular flexibility index (Phi) is 8.91. The minimum absolute atomic E-state index is 0.00485. The van der Waals surface area contributed by atoms with Crippen molar-refractivity contribution in [1.29, 1.82) is 0 Å². The number of nitrogens with zero attached hydrogens (tertiary/aromatic N) is 1. The van der Waals surface area contributed by atoms with Gasteiger partial charge in [-0.2, -0.15) is 57.1 Å². The molecule has 2 nitrogen and oxygen atoms in total. The van der Waals surface area contributed by atoms with Gasteiger partial charge >= 0.3 is 35.8 Å². The maximum Gasteiger partial charge on any atom is 0.460 e. The number of carbonyl (C=O) groups excluding carboxylic acids is 1. The van der Waals surface area contributed by atoms with Gasteiger partial charge in [-0.05, 0) is 18.9 Å². The molecule has 0 unspecified atom stereocenters. The molecule has 0 aliphatic heterocycles. The van der Waals surface area contributed by atoms with Crippen LogP contribution < -0.4 is 0 Å². The van der Waals surface area contributed by atoms with Gasteiger partial charge in [-0.25, -0.2) is 0 Å². The first-order chi connectivity index (χ1) is 13.6. The summed E-state index contributed by atoms with van der Waals surface area (Å²) >= 11 is 0. The van der Waals surface area contributed by atoms with Crippen LogP contribution >= 0.6 is 0 Å². The molecular formula is C16H18F13NO. The van der Waals surface area contributed by atoms with Gasteiger partial charge < -0.3 is 4.90 Å². The summed E-state index contributed by atoms with van der Waals surface area (Å²) in [5, 5.41) is 0. The molecule has 0 rings (SSSR count). The van der Waals surface area contributed by atoms with Crippen molar-refractivity contribution in [2.45, 2.75) is 67.9 Å². The van der Waals surface area contributed by atoms with Crippen molar-refractivity contribution < 1.29 is 61.9 Å². The standard InChI is InChI=1S/C16H18F13NO/c1-3-10(31)30(2)9-7-5-4-6-8-11(17,18)12(19,20)13(21,22)14(23,24)15(25,26)16(27,28)29/h3H,1,4-9H2,2H3. The van der Waals surface area contributed by atoms with E-state index < -0.39 is 54.5 Å². The summed E-state index contributed by atoms with van der Waals surface area (Å²) in [5.41, 5.74) is 0. The van der Waals surface area contributed by atoms with Crippen molar-refractivity contribution in [2.24, 2.45) is 0 Å². The lowest BCUT2D eigenvalue weighted by atomic mass is 9.91. The number of likely N-dealkylation sites (N-methyl/N-ethyl adjacent to an activating group) is 1. The van der Waals surface area contributed by atoms with Crippen LogP contribution in [0.2, 0.25) is 0 Å². The third kappa shape index (κ3) is 5.57. The number of rotatable bonds is 12. The van der Waals surface area contributed by atoms with Gasteiger partial charge in [0, 0.05) is 20.0 Å². The zero-order valence-corrected chi connectivity index (χ0v) is 15.8. The summed E-state index contributed by atoms with van der Waals surface area (Å²) in [7, 11) is 1.34. The Balaban J connectivity index is 5.22. The number of hydrogen-bond donors (Lipinski definition) is 0. The highest BCUT2D eigenvalue weighted by Gasteiger charge is 2.90. The Hall–Kier alpha value is -1.70. The van der Waals surface area contributed by atoms with Crippen molar-refractivity contribution in [1.82, 2.24) is 4.90 Å². The highest BCUT2D eigenvalue weighted by molar-refractivity contribution is 5.86. The van der Waals surface area contributed by atoms with E-state index in [0.29, 0.717) is 0 Å². The SMILES string of the molecule is C=CC(=O)N(C)CCCCCCC(F)(F)C(F)(F)C(F)(F)C(F)(F)C(F)(F)C(F)(F)F. The Morgan fingerprint density at radius 1 is 0.710 bits per heavy atom. The quantitative estimate of drug-likeness (QED) is 0.179. The first-order valence-corrected chi connectivity index (χ1v) is 8.45. The average Bonchev–Trinajstić information content (AvgIpc) is 2.61. The van der Waals surface area contributed by atoms with Crippen molar-refractivity contribution in [3.05, 3.63) is 12.7 Å². The zero-order valence-electron chi connectivity index (χ0n) is 15.8. The molecule has 0 bridgehead atoms. The smallest absolute Gasteiger partial charge is 0.342 e. The maximum atomic E-state index is 13.5. The number of unbranched alkanes of at least 4 members (excludes halogenated alkanes) is 3. The fourth-order valence-corrected chi connectivity index (χ4v) is 2.27. The molecule has 0 heterocycles. The van der Waals surface area contributed by atoms with E-state index >= 15 is 0 Å². The molecule has 0 spiro atoms. The normalized spacial score (nSPS) is 14.5. The zero-order chi connectivity index (χ0) is 25.1. The molecule has 0 N–H and O–H groups in total. The maximum absolute atomic E-state index is 13.5. The highest BCUT2D eigenvalue weighted by atomic mass is 19.4. The second kappa shape index (κ2) is 9.43. The summed E-state index contributed by atoms with van der Waals surface area (Å²) in [4.78, 5) is 12.3. The van der Waals surface area contributed by atoms with E-state index in [-0.39, 0.29) is 25.8 Å². The van der Waals surface area contributed by atoms with Crippen LogP contribution in [0.25, 0.3) is 0 Å². The van der Waals surface area contributed by atoms with Crippen LogP contribution in [-0.2, 0) is 4.79 Å². The Labute approximate surface area is 168 Å². The van der Waals surface area contributed by atoms with Gasteiger partial charge in [-0.1, -0.05) is 19.4 Å². The molecule has 0 aromatic rings. The molecule has 0 atom stereocenters. The lowest BCUT2D eigenvalue weighted by molar-refractivity contribution is -0.440.